The molecule has 4 aliphatic carbocycles. The topological polar surface area (TPSA) is 50.4 Å². The molecule has 0 spiro atoms. The fraction of sp³-hybridized carbons (Fsp3) is 0.667. The smallest absolute Gasteiger partial charge is 0.319 e. The third kappa shape index (κ3) is 2.95. The molecule has 2 amide bonds. The number of carbonyl (C=O) groups is 1. The highest BCUT2D eigenvalue weighted by molar-refractivity contribution is 5.89. The van der Waals surface area contributed by atoms with Gasteiger partial charge in [0.25, 0.3) is 0 Å². The van der Waals surface area contributed by atoms with Crippen LogP contribution in [0.3, 0.4) is 0 Å². The van der Waals surface area contributed by atoms with Gasteiger partial charge in [0.2, 0.25) is 0 Å². The lowest BCUT2D eigenvalue weighted by Crippen LogP contribution is -2.63. The van der Waals surface area contributed by atoms with Gasteiger partial charge in [0.05, 0.1) is 5.60 Å². The van der Waals surface area contributed by atoms with Crippen LogP contribution in [0, 0.1) is 37.5 Å². The van der Waals surface area contributed by atoms with Crippen LogP contribution in [0.15, 0.2) is 18.2 Å². The second-order valence-electron chi connectivity index (χ2n) is 8.57. The molecule has 136 valence electrons. The van der Waals surface area contributed by atoms with E-state index in [0.29, 0.717) is 18.4 Å². The first-order valence-corrected chi connectivity index (χ1v) is 9.67. The number of benzene rings is 1. The molecule has 4 heteroatoms. The van der Waals surface area contributed by atoms with Crippen molar-refractivity contribution in [1.29, 1.82) is 0 Å². The molecule has 0 radical (unpaired) electrons. The maximum atomic E-state index is 12.4. The molecule has 0 saturated heterocycles. The summed E-state index contributed by atoms with van der Waals surface area (Å²) in [5, 5.41) is 6.08. The van der Waals surface area contributed by atoms with E-state index in [1.165, 1.54) is 43.2 Å². The number of methoxy groups -OCH3 is 1. The number of urea groups is 1. The van der Waals surface area contributed by atoms with Crippen LogP contribution in [0.4, 0.5) is 10.5 Å². The Morgan fingerprint density at radius 3 is 2.28 bits per heavy atom. The third-order valence-corrected chi connectivity index (χ3v) is 7.19. The largest absolute Gasteiger partial charge is 0.376 e. The highest BCUT2D eigenvalue weighted by atomic mass is 16.5. The van der Waals surface area contributed by atoms with Crippen LogP contribution in [-0.2, 0) is 4.74 Å². The second-order valence-corrected chi connectivity index (χ2v) is 8.57. The Kier molecular flexibility index (Phi) is 4.27. The van der Waals surface area contributed by atoms with E-state index < -0.39 is 0 Å². The van der Waals surface area contributed by atoms with Crippen LogP contribution in [0.1, 0.15) is 43.2 Å². The molecule has 0 aliphatic heterocycles. The first kappa shape index (κ1) is 16.9. The number of hydrogen-bond donors (Lipinski definition) is 2. The van der Waals surface area contributed by atoms with Crippen LogP contribution in [-0.4, -0.2) is 25.3 Å². The molecule has 0 unspecified atom stereocenters. The second kappa shape index (κ2) is 6.31. The monoisotopic (exact) mass is 342 g/mol. The molecule has 4 saturated carbocycles. The summed E-state index contributed by atoms with van der Waals surface area (Å²) in [7, 11) is 1.84. The minimum Gasteiger partial charge on any atom is -0.376 e. The summed E-state index contributed by atoms with van der Waals surface area (Å²) < 4.78 is 6.11. The summed E-state index contributed by atoms with van der Waals surface area (Å²) >= 11 is 0. The van der Waals surface area contributed by atoms with Gasteiger partial charge in [0.15, 0.2) is 0 Å². The maximum Gasteiger partial charge on any atom is 0.319 e. The average Bonchev–Trinajstić information content (AvgIpc) is 2.58. The molecule has 0 heterocycles. The van der Waals surface area contributed by atoms with E-state index >= 15 is 0 Å². The third-order valence-electron chi connectivity index (χ3n) is 7.19. The summed E-state index contributed by atoms with van der Waals surface area (Å²) in [4.78, 5) is 12.4. The molecule has 0 aromatic heterocycles. The molecule has 1 aromatic rings. The molecule has 4 fully saturated rings. The normalized spacial score (nSPS) is 35.6. The van der Waals surface area contributed by atoms with Crippen molar-refractivity contribution in [3.63, 3.8) is 0 Å². The molecule has 25 heavy (non-hydrogen) atoms. The zero-order chi connectivity index (χ0) is 17.6. The highest BCUT2D eigenvalue weighted by Gasteiger charge is 2.57. The van der Waals surface area contributed by atoms with Crippen molar-refractivity contribution in [2.45, 2.75) is 51.6 Å². The lowest BCUT2D eigenvalue weighted by atomic mass is 9.49. The van der Waals surface area contributed by atoms with Crippen LogP contribution in [0.2, 0.25) is 0 Å². The van der Waals surface area contributed by atoms with Gasteiger partial charge in [0, 0.05) is 19.3 Å². The SMILES string of the molecule is COC1(CNC(=O)Nc2ccc(C)c(C)c2)C2CC3CC(C2)CC1C3. The minimum absolute atomic E-state index is 0.131. The Labute approximate surface area is 150 Å². The summed E-state index contributed by atoms with van der Waals surface area (Å²) in [6, 6.07) is 5.88. The fourth-order valence-corrected chi connectivity index (χ4v) is 5.89. The number of anilines is 1. The Balaban J connectivity index is 1.41. The van der Waals surface area contributed by atoms with Crippen LogP contribution in [0.5, 0.6) is 0 Å². The number of carbonyl (C=O) groups excluding carboxylic acids is 1. The van der Waals surface area contributed by atoms with Crippen molar-refractivity contribution >= 4 is 11.7 Å². The van der Waals surface area contributed by atoms with Crippen molar-refractivity contribution in [1.82, 2.24) is 5.32 Å². The average molecular weight is 342 g/mol. The molecule has 1 aromatic carbocycles. The molecule has 4 aliphatic rings. The molecule has 4 bridgehead atoms. The van der Waals surface area contributed by atoms with E-state index in [9.17, 15) is 4.79 Å². The van der Waals surface area contributed by atoms with E-state index in [1.807, 2.05) is 25.3 Å². The maximum absolute atomic E-state index is 12.4. The summed E-state index contributed by atoms with van der Waals surface area (Å²) in [5.41, 5.74) is 3.11. The first-order chi connectivity index (χ1) is 12.0. The Bertz CT molecular complexity index is 642. The number of amides is 2. The van der Waals surface area contributed by atoms with Crippen molar-refractivity contribution in [3.05, 3.63) is 29.3 Å². The van der Waals surface area contributed by atoms with Gasteiger partial charge in [-0.25, -0.2) is 4.79 Å². The van der Waals surface area contributed by atoms with E-state index in [4.69, 9.17) is 4.74 Å². The molecule has 0 atom stereocenters. The van der Waals surface area contributed by atoms with Gasteiger partial charge in [-0.3, -0.25) is 0 Å². The van der Waals surface area contributed by atoms with E-state index in [2.05, 4.69) is 24.5 Å². The first-order valence-electron chi connectivity index (χ1n) is 9.67. The van der Waals surface area contributed by atoms with E-state index in [1.54, 1.807) is 0 Å². The molecule has 4 nitrogen and oxygen atoms in total. The number of ether oxygens (including phenoxy) is 1. The standard InChI is InChI=1S/C21H30N2O2/c1-13-4-5-19(6-14(13)2)23-20(24)22-12-21(25-3)17-8-15-7-16(10-17)11-18(21)9-15/h4-6,15-18H,7-12H2,1-3H3,(H2,22,23,24). The van der Waals surface area contributed by atoms with Crippen molar-refractivity contribution in [3.8, 4) is 0 Å². The van der Waals surface area contributed by atoms with Crippen molar-refractivity contribution < 1.29 is 9.53 Å². The zero-order valence-corrected chi connectivity index (χ0v) is 15.6. The quantitative estimate of drug-likeness (QED) is 0.859. The van der Waals surface area contributed by atoms with Crippen LogP contribution >= 0.6 is 0 Å². The zero-order valence-electron chi connectivity index (χ0n) is 15.6. The molecular weight excluding hydrogens is 312 g/mol. The molecule has 2 N–H and O–H groups in total. The number of nitrogens with one attached hydrogen (secondary N) is 2. The van der Waals surface area contributed by atoms with Gasteiger partial charge in [-0.1, -0.05) is 6.07 Å². The number of rotatable bonds is 4. The number of aryl methyl sites for hydroxylation is 2. The van der Waals surface area contributed by atoms with Crippen molar-refractivity contribution in [2.75, 3.05) is 19.0 Å². The lowest BCUT2D eigenvalue weighted by molar-refractivity contribution is -0.186. The van der Waals surface area contributed by atoms with Gasteiger partial charge < -0.3 is 15.4 Å². The highest BCUT2D eigenvalue weighted by Crippen LogP contribution is 2.59. The Hall–Kier alpha value is -1.55. The summed E-state index contributed by atoms with van der Waals surface area (Å²) in [6.45, 7) is 4.76. The Morgan fingerprint density at radius 1 is 1.08 bits per heavy atom. The van der Waals surface area contributed by atoms with E-state index in [0.717, 1.165) is 17.5 Å². The predicted octanol–water partition coefficient (Wildman–Crippen LogP) is 4.27. The van der Waals surface area contributed by atoms with Gasteiger partial charge >= 0.3 is 6.03 Å². The van der Waals surface area contributed by atoms with Gasteiger partial charge in [-0.2, -0.15) is 0 Å². The molecule has 5 rings (SSSR count). The predicted molar refractivity (Wildman–Crippen MR) is 99.7 cm³/mol. The van der Waals surface area contributed by atoms with Gasteiger partial charge in [-0.15, -0.1) is 0 Å². The summed E-state index contributed by atoms with van der Waals surface area (Å²) in [5.74, 6) is 3.01. The summed E-state index contributed by atoms with van der Waals surface area (Å²) in [6.07, 6.45) is 6.54. The van der Waals surface area contributed by atoms with Gasteiger partial charge in [-0.05, 0) is 92.9 Å². The Morgan fingerprint density at radius 2 is 1.72 bits per heavy atom. The minimum atomic E-state index is -0.159. The fourth-order valence-electron chi connectivity index (χ4n) is 5.89. The van der Waals surface area contributed by atoms with Gasteiger partial charge in [0.1, 0.15) is 0 Å². The molecular formula is C21H30N2O2. The van der Waals surface area contributed by atoms with E-state index in [-0.39, 0.29) is 11.6 Å². The van der Waals surface area contributed by atoms with Crippen LogP contribution in [0.25, 0.3) is 0 Å². The number of hydrogen-bond acceptors (Lipinski definition) is 2. The lowest BCUT2D eigenvalue weighted by Gasteiger charge is -2.60. The van der Waals surface area contributed by atoms with Crippen LogP contribution < -0.4 is 10.6 Å². The van der Waals surface area contributed by atoms with Crippen molar-refractivity contribution in [2.24, 2.45) is 23.7 Å².